The summed E-state index contributed by atoms with van der Waals surface area (Å²) in [6, 6.07) is -4.71. The Kier molecular flexibility index (Phi) is 35.2. The van der Waals surface area contributed by atoms with Gasteiger partial charge in [-0.2, -0.15) is 0 Å². The fourth-order valence-corrected chi connectivity index (χ4v) is 11.3. The van der Waals surface area contributed by atoms with Gasteiger partial charge in [0.1, 0.15) is 116 Å². The molecular weight excluding hydrogens is 1220 g/mol. The number of nitrogens with one attached hydrogen (secondary N) is 2. The molecule has 513 valence electrons. The van der Waals surface area contributed by atoms with E-state index in [2.05, 4.69) is 17.6 Å². The van der Waals surface area contributed by atoms with Crippen molar-refractivity contribution in [2.45, 2.75) is 275 Å². The van der Waals surface area contributed by atoms with Crippen LogP contribution in [0.25, 0.3) is 0 Å². The smallest absolute Gasteiger partial charge is 0.364 e. The Balaban J connectivity index is 0.0000169. The molecule has 0 saturated carbocycles. The van der Waals surface area contributed by atoms with Crippen molar-refractivity contribution in [3.05, 3.63) is 12.2 Å². The van der Waals surface area contributed by atoms with Crippen LogP contribution < -0.4 is 16.4 Å². The first-order chi connectivity index (χ1) is 41.8. The van der Waals surface area contributed by atoms with Crippen LogP contribution in [0, 0.1) is 0 Å². The molecule has 0 aromatic carbocycles. The molecule has 21 N–H and O–H groups in total. The molecule has 1 radical (unpaired) electrons. The van der Waals surface area contributed by atoms with Crippen LogP contribution in [0.5, 0.6) is 0 Å². The standard InChI is InChI=1S/C55H97N3O30.K/c1-4-5-6-7-8-9-10-11-12-13-14-15-16-17-28(66)27(56)24-79-51-43(75)41(73)45(33(22-62)82-51)84-53-44(76)49(88-55(54(77)78)18-29(67)35(57-25(2)64)48(87-55)37(69)30(68)19-59)46(34(23-63)83-53)85-50-36(58-26(3)65)47(39(71)32(21-61)80-50)86-52-42(74)40(72)38(70)31(20-60)81-52;/h16-17,27-53,59-63,66-76H,4-15,18-24,56H2,1-3H3,(H,57,64)(H,58,65)(H,77,78);. The molecule has 5 rings (SSSR count). The number of rotatable bonds is 35. The van der Waals surface area contributed by atoms with Crippen LogP contribution in [-0.4, -0.2) is 367 Å². The minimum atomic E-state index is -3.36. The first kappa shape index (κ1) is 80.1. The molecule has 0 bridgehead atoms. The van der Waals surface area contributed by atoms with E-state index in [-0.39, 0.29) is 51.4 Å². The molecule has 5 heterocycles. The predicted molar refractivity (Wildman–Crippen MR) is 301 cm³/mol. The molecule has 33 nitrogen and oxygen atoms in total. The zero-order valence-corrected chi connectivity index (χ0v) is 53.8. The van der Waals surface area contributed by atoms with E-state index in [4.69, 9.17) is 53.1 Å². The second-order valence-electron chi connectivity index (χ2n) is 23.1. The second kappa shape index (κ2) is 39.1. The number of carboxylic acid groups (broad SMARTS) is 1. The minimum absolute atomic E-state index is 0. The third-order valence-electron chi connectivity index (χ3n) is 16.3. The van der Waals surface area contributed by atoms with Crippen molar-refractivity contribution in [3.63, 3.8) is 0 Å². The first-order valence-electron chi connectivity index (χ1n) is 30.1. The van der Waals surface area contributed by atoms with E-state index in [0.29, 0.717) is 6.42 Å². The summed E-state index contributed by atoms with van der Waals surface area (Å²) in [6.45, 7) is -1.77. The van der Waals surface area contributed by atoms with E-state index in [0.717, 1.165) is 39.5 Å². The monoisotopic (exact) mass is 1320 g/mol. The fraction of sp³-hybridized carbons (Fsp3) is 0.909. The number of unbranched alkanes of at least 4 members (excludes halogenated alkanes) is 11. The molecular formula is C55H97KN3O30. The number of hydrogen-bond donors (Lipinski definition) is 20. The molecule has 5 fully saturated rings. The number of carboxylic acids is 1. The molecule has 5 aliphatic rings. The van der Waals surface area contributed by atoms with Crippen LogP contribution in [-0.2, 0) is 61.8 Å². The molecule has 0 aromatic rings. The van der Waals surface area contributed by atoms with E-state index in [1.54, 1.807) is 6.08 Å². The number of hydrogen-bond acceptors (Lipinski definition) is 30. The van der Waals surface area contributed by atoms with Crippen LogP contribution in [0.2, 0.25) is 0 Å². The van der Waals surface area contributed by atoms with E-state index in [1.807, 2.05) is 0 Å². The van der Waals surface area contributed by atoms with Crippen molar-refractivity contribution in [2.24, 2.45) is 5.73 Å². The van der Waals surface area contributed by atoms with Crippen molar-refractivity contribution in [1.29, 1.82) is 0 Å². The summed E-state index contributed by atoms with van der Waals surface area (Å²) in [4.78, 5) is 38.9. The largest absolute Gasteiger partial charge is 0.477 e. The predicted octanol–water partition coefficient (Wildman–Crippen LogP) is -7.84. The molecule has 5 aliphatic heterocycles. The Morgan fingerprint density at radius 2 is 1.07 bits per heavy atom. The zero-order chi connectivity index (χ0) is 65.2. The van der Waals surface area contributed by atoms with E-state index < -0.39 is 235 Å². The molecule has 34 heteroatoms. The normalized spacial score (nSPS) is 39.1. The second-order valence-corrected chi connectivity index (χ2v) is 23.1. The van der Waals surface area contributed by atoms with Gasteiger partial charge in [-0.05, 0) is 12.8 Å². The summed E-state index contributed by atoms with van der Waals surface area (Å²) in [5.41, 5.74) is 6.20. The molecule has 0 spiro atoms. The molecule has 28 unspecified atom stereocenters. The minimum Gasteiger partial charge on any atom is -0.477 e. The zero-order valence-electron chi connectivity index (χ0n) is 50.7. The summed E-state index contributed by atoms with van der Waals surface area (Å²) < 4.78 is 58.9. The van der Waals surface area contributed by atoms with Crippen LogP contribution >= 0.6 is 0 Å². The molecule has 28 atom stereocenters. The summed E-state index contributed by atoms with van der Waals surface area (Å²) >= 11 is 0. The van der Waals surface area contributed by atoms with Gasteiger partial charge in [-0.25, -0.2) is 4.79 Å². The first-order valence-corrected chi connectivity index (χ1v) is 30.1. The number of ether oxygens (including phenoxy) is 10. The average molecular weight is 1320 g/mol. The van der Waals surface area contributed by atoms with Crippen LogP contribution in [0.15, 0.2) is 12.2 Å². The third-order valence-corrected chi connectivity index (χ3v) is 16.3. The van der Waals surface area contributed by atoms with Crippen molar-refractivity contribution in [3.8, 4) is 0 Å². The van der Waals surface area contributed by atoms with Crippen molar-refractivity contribution >= 4 is 69.2 Å². The van der Waals surface area contributed by atoms with Gasteiger partial charge in [0.2, 0.25) is 11.8 Å². The summed E-state index contributed by atoms with van der Waals surface area (Å²) in [6.07, 6.45) is -32.9. The van der Waals surface area contributed by atoms with Gasteiger partial charge in [-0.1, -0.05) is 83.3 Å². The van der Waals surface area contributed by atoms with E-state index in [1.165, 1.54) is 51.0 Å². The topological polar surface area (TPSA) is 538 Å². The third kappa shape index (κ3) is 21.6. The van der Waals surface area contributed by atoms with E-state index >= 15 is 0 Å². The Labute approximate surface area is 557 Å². The number of carbonyl (C=O) groups excluding carboxylic acids is 2. The van der Waals surface area contributed by atoms with Crippen LogP contribution in [0.3, 0.4) is 0 Å². The number of aliphatic hydroxyl groups is 16. The average Bonchev–Trinajstić information content (AvgIpc) is 1.10. The van der Waals surface area contributed by atoms with Gasteiger partial charge < -0.3 is 151 Å². The number of aliphatic hydroxyl groups excluding tert-OH is 16. The number of allylic oxidation sites excluding steroid dienone is 1. The molecule has 0 aromatic heterocycles. The maximum atomic E-state index is 13.6. The Hall–Kier alpha value is -1.29. The molecule has 0 aliphatic carbocycles. The van der Waals surface area contributed by atoms with Crippen molar-refractivity contribution in [1.82, 2.24) is 10.6 Å². The SMILES string of the molecule is CCCCCCCCCCCCCC=CC(O)C(N)COC1OC(CO)C(OC2OC(CO)C(OC3OC(CO)C(O)C(OC4OC(CO)C(O)C(O)C4O)C3NC(C)=O)C(OC3(C(=O)O)CC(O)C(NC(C)=O)C(C(O)C(O)CO)O3)C2O)C(O)C1O.[K]. The summed E-state index contributed by atoms with van der Waals surface area (Å²) in [7, 11) is 0. The number of aliphatic carboxylic acids is 1. The Bertz CT molecular complexity index is 2100. The summed E-state index contributed by atoms with van der Waals surface area (Å²) in [5.74, 6) is -7.28. The molecule has 89 heavy (non-hydrogen) atoms. The summed E-state index contributed by atoms with van der Waals surface area (Å²) in [5, 5.41) is 190. The number of nitrogens with two attached hydrogens (primary N) is 1. The number of carbonyl (C=O) groups is 3. The van der Waals surface area contributed by atoms with Gasteiger partial charge >= 0.3 is 5.97 Å². The maximum Gasteiger partial charge on any atom is 0.364 e. The number of amides is 2. The quantitative estimate of drug-likeness (QED) is 0.0159. The van der Waals surface area contributed by atoms with Gasteiger partial charge in [0.25, 0.3) is 5.79 Å². The van der Waals surface area contributed by atoms with Gasteiger partial charge in [0.15, 0.2) is 25.2 Å². The molecule has 5 saturated heterocycles. The maximum absolute atomic E-state index is 13.6. The fourth-order valence-electron chi connectivity index (χ4n) is 11.3. The van der Waals surface area contributed by atoms with Crippen LogP contribution in [0.1, 0.15) is 104 Å². The molecule has 2 amide bonds. The Morgan fingerprint density at radius 1 is 0.584 bits per heavy atom. The van der Waals surface area contributed by atoms with Gasteiger partial charge in [0.05, 0.1) is 63.9 Å². The van der Waals surface area contributed by atoms with Gasteiger partial charge in [-0.3, -0.25) is 9.59 Å². The van der Waals surface area contributed by atoms with Crippen molar-refractivity contribution in [2.75, 3.05) is 39.6 Å². The van der Waals surface area contributed by atoms with Crippen LogP contribution in [0.4, 0.5) is 0 Å². The van der Waals surface area contributed by atoms with E-state index in [9.17, 15) is 101 Å². The van der Waals surface area contributed by atoms with Gasteiger partial charge in [-0.15, -0.1) is 0 Å². The Morgan fingerprint density at radius 3 is 1.63 bits per heavy atom. The van der Waals surface area contributed by atoms with Gasteiger partial charge in [0, 0.05) is 71.7 Å². The van der Waals surface area contributed by atoms with Crippen molar-refractivity contribution < 1.29 is 149 Å².